The zero-order valence-electron chi connectivity index (χ0n) is 15.1. The summed E-state index contributed by atoms with van der Waals surface area (Å²) in [5, 5.41) is 0. The molecule has 0 radical (unpaired) electrons. The number of hydrogen-bond donors (Lipinski definition) is 0. The molecule has 1 fully saturated rings. The normalized spacial score (nSPS) is 15.7. The maximum absolute atomic E-state index is 12.8. The Morgan fingerprint density at radius 1 is 1.00 bits per heavy atom. The van der Waals surface area contributed by atoms with Gasteiger partial charge in [0, 0.05) is 38.3 Å². The summed E-state index contributed by atoms with van der Waals surface area (Å²) in [5.74, 6) is 0.167. The SMILES string of the molecule is Cc1ccc(C)c(C(=O)N2CCN(C/C=C/c3ccccc3)CC2)c1. The van der Waals surface area contributed by atoms with Crippen molar-refractivity contribution in [3.63, 3.8) is 0 Å². The van der Waals surface area contributed by atoms with E-state index in [-0.39, 0.29) is 5.91 Å². The summed E-state index contributed by atoms with van der Waals surface area (Å²) in [6.07, 6.45) is 4.37. The third-order valence-electron chi connectivity index (χ3n) is 4.76. The Morgan fingerprint density at radius 2 is 1.72 bits per heavy atom. The molecule has 0 spiro atoms. The van der Waals surface area contributed by atoms with E-state index in [1.165, 1.54) is 5.56 Å². The first kappa shape index (κ1) is 17.4. The predicted molar refractivity (Wildman–Crippen MR) is 104 cm³/mol. The average Bonchev–Trinajstić information content (AvgIpc) is 2.65. The average molecular weight is 334 g/mol. The van der Waals surface area contributed by atoms with Crippen LogP contribution < -0.4 is 0 Å². The molecule has 1 aliphatic heterocycles. The molecular weight excluding hydrogens is 308 g/mol. The maximum Gasteiger partial charge on any atom is 0.254 e. The van der Waals surface area contributed by atoms with Crippen LogP contribution in [0, 0.1) is 13.8 Å². The lowest BCUT2D eigenvalue weighted by molar-refractivity contribution is 0.0649. The molecule has 1 aliphatic rings. The van der Waals surface area contributed by atoms with Gasteiger partial charge in [-0.15, -0.1) is 0 Å². The van der Waals surface area contributed by atoms with Crippen molar-refractivity contribution < 1.29 is 4.79 Å². The van der Waals surface area contributed by atoms with Gasteiger partial charge in [0.1, 0.15) is 0 Å². The molecule has 3 rings (SSSR count). The molecule has 2 aromatic rings. The molecule has 3 nitrogen and oxygen atoms in total. The van der Waals surface area contributed by atoms with Crippen LogP contribution in [0.4, 0.5) is 0 Å². The van der Waals surface area contributed by atoms with E-state index in [2.05, 4.69) is 47.4 Å². The predicted octanol–water partition coefficient (Wildman–Crippen LogP) is 3.77. The molecular formula is C22H26N2O. The summed E-state index contributed by atoms with van der Waals surface area (Å²) in [7, 11) is 0. The summed E-state index contributed by atoms with van der Waals surface area (Å²) in [6, 6.07) is 16.5. The molecule has 1 heterocycles. The number of nitrogens with zero attached hydrogens (tertiary/aromatic N) is 2. The fraction of sp³-hybridized carbons (Fsp3) is 0.318. The molecule has 0 N–H and O–H groups in total. The van der Waals surface area contributed by atoms with Crippen LogP contribution in [-0.2, 0) is 0 Å². The highest BCUT2D eigenvalue weighted by atomic mass is 16.2. The highest BCUT2D eigenvalue weighted by molar-refractivity contribution is 5.95. The molecule has 0 unspecified atom stereocenters. The molecule has 0 bridgehead atoms. The van der Waals surface area contributed by atoms with Crippen LogP contribution in [0.1, 0.15) is 27.0 Å². The molecule has 0 aliphatic carbocycles. The van der Waals surface area contributed by atoms with Crippen LogP contribution in [0.15, 0.2) is 54.6 Å². The van der Waals surface area contributed by atoms with Crippen molar-refractivity contribution in [3.05, 3.63) is 76.9 Å². The maximum atomic E-state index is 12.8. The van der Waals surface area contributed by atoms with Crippen LogP contribution >= 0.6 is 0 Å². The van der Waals surface area contributed by atoms with Crippen LogP contribution in [0.25, 0.3) is 6.08 Å². The first-order valence-electron chi connectivity index (χ1n) is 8.94. The second-order valence-electron chi connectivity index (χ2n) is 6.72. The summed E-state index contributed by atoms with van der Waals surface area (Å²) in [5.41, 5.74) is 4.27. The van der Waals surface area contributed by atoms with Crippen molar-refractivity contribution in [3.8, 4) is 0 Å². The fourth-order valence-electron chi connectivity index (χ4n) is 3.17. The van der Waals surface area contributed by atoms with Crippen molar-refractivity contribution >= 4 is 12.0 Å². The van der Waals surface area contributed by atoms with E-state index in [0.29, 0.717) is 0 Å². The minimum Gasteiger partial charge on any atom is -0.336 e. The minimum atomic E-state index is 0.167. The molecule has 1 amide bonds. The Labute approximate surface area is 150 Å². The lowest BCUT2D eigenvalue weighted by Gasteiger charge is -2.34. The Kier molecular flexibility index (Phi) is 5.67. The van der Waals surface area contributed by atoms with Crippen LogP contribution in [-0.4, -0.2) is 48.4 Å². The second-order valence-corrected chi connectivity index (χ2v) is 6.72. The Bertz CT molecular complexity index is 744. The minimum absolute atomic E-state index is 0.167. The van der Waals surface area contributed by atoms with E-state index in [1.54, 1.807) is 0 Å². The van der Waals surface area contributed by atoms with Gasteiger partial charge in [-0.2, -0.15) is 0 Å². The van der Waals surface area contributed by atoms with Crippen LogP contribution in [0.5, 0.6) is 0 Å². The lowest BCUT2D eigenvalue weighted by atomic mass is 10.0. The van der Waals surface area contributed by atoms with Crippen LogP contribution in [0.3, 0.4) is 0 Å². The Hall–Kier alpha value is -2.39. The molecule has 3 heteroatoms. The van der Waals surface area contributed by atoms with Crippen LogP contribution in [0.2, 0.25) is 0 Å². The van der Waals surface area contributed by atoms with Gasteiger partial charge in [-0.25, -0.2) is 0 Å². The molecule has 0 atom stereocenters. The van der Waals surface area contributed by atoms with Gasteiger partial charge in [0.2, 0.25) is 0 Å². The molecule has 0 aromatic heterocycles. The molecule has 130 valence electrons. The van der Waals surface area contributed by atoms with E-state index in [0.717, 1.165) is 49.4 Å². The van der Waals surface area contributed by atoms with E-state index < -0.39 is 0 Å². The molecule has 1 saturated heterocycles. The number of hydrogen-bond acceptors (Lipinski definition) is 2. The van der Waals surface area contributed by atoms with E-state index in [9.17, 15) is 4.79 Å². The van der Waals surface area contributed by atoms with Gasteiger partial charge in [-0.1, -0.05) is 60.2 Å². The van der Waals surface area contributed by atoms with E-state index >= 15 is 0 Å². The molecule has 2 aromatic carbocycles. The van der Waals surface area contributed by atoms with E-state index in [1.807, 2.05) is 36.9 Å². The van der Waals surface area contributed by atoms with Gasteiger partial charge in [-0.05, 0) is 31.0 Å². The Balaban J connectivity index is 1.52. The van der Waals surface area contributed by atoms with Gasteiger partial charge in [0.05, 0.1) is 0 Å². The van der Waals surface area contributed by atoms with Gasteiger partial charge < -0.3 is 4.90 Å². The van der Waals surface area contributed by atoms with Gasteiger partial charge in [0.25, 0.3) is 5.91 Å². The van der Waals surface area contributed by atoms with Crippen molar-refractivity contribution in [1.82, 2.24) is 9.80 Å². The van der Waals surface area contributed by atoms with Gasteiger partial charge in [0.15, 0.2) is 0 Å². The first-order chi connectivity index (χ1) is 12.1. The fourth-order valence-corrected chi connectivity index (χ4v) is 3.17. The monoisotopic (exact) mass is 334 g/mol. The quantitative estimate of drug-likeness (QED) is 0.850. The number of amides is 1. The van der Waals surface area contributed by atoms with Crippen molar-refractivity contribution in [2.24, 2.45) is 0 Å². The number of carbonyl (C=O) groups is 1. The van der Waals surface area contributed by atoms with Gasteiger partial charge in [-0.3, -0.25) is 9.69 Å². The first-order valence-corrected chi connectivity index (χ1v) is 8.94. The topological polar surface area (TPSA) is 23.6 Å². The number of benzene rings is 2. The van der Waals surface area contributed by atoms with Crippen molar-refractivity contribution in [2.75, 3.05) is 32.7 Å². The summed E-state index contributed by atoms with van der Waals surface area (Å²) >= 11 is 0. The second kappa shape index (κ2) is 8.13. The van der Waals surface area contributed by atoms with Crippen molar-refractivity contribution in [2.45, 2.75) is 13.8 Å². The zero-order valence-corrected chi connectivity index (χ0v) is 15.1. The summed E-state index contributed by atoms with van der Waals surface area (Å²) in [6.45, 7) is 8.42. The third-order valence-corrected chi connectivity index (χ3v) is 4.76. The number of carbonyl (C=O) groups excluding carboxylic acids is 1. The summed E-state index contributed by atoms with van der Waals surface area (Å²) in [4.78, 5) is 17.2. The van der Waals surface area contributed by atoms with Crippen molar-refractivity contribution in [1.29, 1.82) is 0 Å². The number of aryl methyl sites for hydroxylation is 2. The largest absolute Gasteiger partial charge is 0.336 e. The summed E-state index contributed by atoms with van der Waals surface area (Å²) < 4.78 is 0. The van der Waals surface area contributed by atoms with E-state index in [4.69, 9.17) is 0 Å². The third kappa shape index (κ3) is 4.58. The standard InChI is InChI=1S/C22H26N2O/c1-18-10-11-19(2)21(17-18)22(25)24-15-13-23(14-16-24)12-6-9-20-7-4-3-5-8-20/h3-11,17H,12-16H2,1-2H3/b9-6+. The highest BCUT2D eigenvalue weighted by Crippen LogP contribution is 2.15. The number of piperazine rings is 1. The molecule has 25 heavy (non-hydrogen) atoms. The highest BCUT2D eigenvalue weighted by Gasteiger charge is 2.22. The molecule has 0 saturated carbocycles. The Morgan fingerprint density at radius 3 is 2.44 bits per heavy atom. The smallest absolute Gasteiger partial charge is 0.254 e. The lowest BCUT2D eigenvalue weighted by Crippen LogP contribution is -2.48. The number of rotatable bonds is 4. The van der Waals surface area contributed by atoms with Gasteiger partial charge >= 0.3 is 0 Å². The zero-order chi connectivity index (χ0) is 17.6.